The van der Waals surface area contributed by atoms with E-state index in [1.807, 2.05) is 0 Å². The molecular weight excluding hydrogens is 400 g/mol. The monoisotopic (exact) mass is 434 g/mol. The summed E-state index contributed by atoms with van der Waals surface area (Å²) in [6, 6.07) is 10.1. The zero-order chi connectivity index (χ0) is 21.5. The Morgan fingerprint density at radius 2 is 1.69 bits per heavy atom. The van der Waals surface area contributed by atoms with Crippen molar-refractivity contribution in [2.45, 2.75) is 56.5 Å². The van der Waals surface area contributed by atoms with Crippen LogP contribution in [0.5, 0.6) is 0 Å². The Kier molecular flexibility index (Phi) is 5.51. The number of ether oxygens (including phenoxy) is 1. The second-order valence-corrected chi connectivity index (χ2v) is 10.1. The number of rotatable bonds is 4. The second-order valence-electron chi connectivity index (χ2n) is 10.1. The molecule has 5 aliphatic rings. The largest absolute Gasteiger partial charge is 0.381 e. The highest BCUT2D eigenvalue weighted by Crippen LogP contribution is 2.37. The van der Waals surface area contributed by atoms with E-state index in [0.717, 1.165) is 77.9 Å². The average Bonchev–Trinajstić information content (AvgIpc) is 3.62. The molecule has 2 saturated heterocycles. The van der Waals surface area contributed by atoms with Gasteiger partial charge in [-0.05, 0) is 54.7 Å². The van der Waals surface area contributed by atoms with E-state index in [2.05, 4.69) is 51.5 Å². The van der Waals surface area contributed by atoms with Crippen LogP contribution in [-0.4, -0.2) is 78.4 Å². The third-order valence-corrected chi connectivity index (χ3v) is 8.06. The molecule has 3 fully saturated rings. The van der Waals surface area contributed by atoms with Gasteiger partial charge in [0.25, 0.3) is 0 Å². The number of carbonyl (C=O) groups is 1. The van der Waals surface area contributed by atoms with Crippen LogP contribution in [-0.2, 0) is 9.53 Å². The molecule has 0 N–H and O–H groups in total. The van der Waals surface area contributed by atoms with Crippen LogP contribution in [0.2, 0.25) is 0 Å². The van der Waals surface area contributed by atoms with Gasteiger partial charge in [0, 0.05) is 70.2 Å². The van der Waals surface area contributed by atoms with Gasteiger partial charge in [-0.3, -0.25) is 14.7 Å². The summed E-state index contributed by atoms with van der Waals surface area (Å²) in [5.41, 5.74) is 4.16. The van der Waals surface area contributed by atoms with Crippen LogP contribution in [0.1, 0.15) is 55.6 Å². The van der Waals surface area contributed by atoms with Crippen molar-refractivity contribution in [1.29, 1.82) is 0 Å². The molecule has 32 heavy (non-hydrogen) atoms. The summed E-state index contributed by atoms with van der Waals surface area (Å²) in [6.07, 6.45) is 10.8. The highest BCUT2D eigenvalue weighted by Gasteiger charge is 2.40. The molecule has 0 radical (unpaired) electrons. The molecule has 6 heteroatoms. The number of hydrazone groups is 1. The van der Waals surface area contributed by atoms with Gasteiger partial charge >= 0.3 is 0 Å². The summed E-state index contributed by atoms with van der Waals surface area (Å²) in [7, 11) is 0. The maximum atomic E-state index is 12.4. The first kappa shape index (κ1) is 20.4. The molecule has 4 aliphatic heterocycles. The fourth-order valence-corrected chi connectivity index (χ4v) is 5.91. The number of hydrogen-bond donors (Lipinski definition) is 0. The van der Waals surface area contributed by atoms with Crippen LogP contribution in [0.3, 0.4) is 0 Å². The molecule has 170 valence electrons. The lowest BCUT2D eigenvalue weighted by molar-refractivity contribution is -0.134. The Balaban J connectivity index is 1.10. The van der Waals surface area contributed by atoms with E-state index in [9.17, 15) is 4.79 Å². The zero-order valence-electron chi connectivity index (χ0n) is 18.9. The van der Waals surface area contributed by atoms with Crippen molar-refractivity contribution >= 4 is 17.7 Å². The summed E-state index contributed by atoms with van der Waals surface area (Å²) < 4.78 is 5.52. The van der Waals surface area contributed by atoms with E-state index in [0.29, 0.717) is 29.8 Å². The maximum Gasteiger partial charge on any atom is 0.225 e. The Labute approximate surface area is 190 Å². The van der Waals surface area contributed by atoms with Crippen molar-refractivity contribution in [3.63, 3.8) is 0 Å². The van der Waals surface area contributed by atoms with E-state index in [4.69, 9.17) is 9.84 Å². The van der Waals surface area contributed by atoms with Gasteiger partial charge in [0.05, 0.1) is 6.04 Å². The number of benzene rings is 1. The molecule has 0 aromatic heterocycles. The summed E-state index contributed by atoms with van der Waals surface area (Å²) >= 11 is 0. The molecule has 2 unspecified atom stereocenters. The van der Waals surface area contributed by atoms with Crippen LogP contribution in [0.4, 0.5) is 0 Å². The van der Waals surface area contributed by atoms with Gasteiger partial charge in [-0.2, -0.15) is 5.10 Å². The van der Waals surface area contributed by atoms with Crippen molar-refractivity contribution in [3.8, 4) is 0 Å². The molecule has 4 heterocycles. The Bertz CT molecular complexity index is 893. The molecule has 1 aromatic rings. The summed E-state index contributed by atoms with van der Waals surface area (Å²) in [5, 5.41) is 6.90. The number of piperazine rings is 1. The molecule has 1 saturated carbocycles. The van der Waals surface area contributed by atoms with Crippen molar-refractivity contribution in [2.24, 2.45) is 11.0 Å². The average molecular weight is 435 g/mol. The topological polar surface area (TPSA) is 48.4 Å². The van der Waals surface area contributed by atoms with E-state index in [1.165, 1.54) is 16.7 Å². The maximum absolute atomic E-state index is 12.4. The Morgan fingerprint density at radius 1 is 0.938 bits per heavy atom. The first-order valence-electron chi connectivity index (χ1n) is 12.5. The van der Waals surface area contributed by atoms with Crippen LogP contribution in [0.15, 0.2) is 35.6 Å². The SMILES string of the molecule is O=C(C1CC1)N1CCN(C2CC=NN3C=C(c4ccc(C5CCOCC5)cc4)CC23)CC1. The fourth-order valence-electron chi connectivity index (χ4n) is 5.91. The Hall–Kier alpha value is -2.18. The minimum atomic E-state index is 0.332. The third-order valence-electron chi connectivity index (χ3n) is 8.06. The molecule has 0 bridgehead atoms. The number of nitrogens with zero attached hydrogens (tertiary/aromatic N) is 4. The molecule has 0 spiro atoms. The lowest BCUT2D eigenvalue weighted by Gasteiger charge is -2.44. The highest BCUT2D eigenvalue weighted by atomic mass is 16.5. The summed E-state index contributed by atoms with van der Waals surface area (Å²) in [4.78, 5) is 17.1. The number of amides is 1. The first-order chi connectivity index (χ1) is 15.8. The van der Waals surface area contributed by atoms with Crippen molar-refractivity contribution < 1.29 is 9.53 Å². The minimum absolute atomic E-state index is 0.332. The van der Waals surface area contributed by atoms with Gasteiger partial charge in [-0.15, -0.1) is 0 Å². The lowest BCUT2D eigenvalue weighted by atomic mass is 9.89. The van der Waals surface area contributed by atoms with Gasteiger partial charge < -0.3 is 9.64 Å². The molecular formula is C26H34N4O2. The van der Waals surface area contributed by atoms with Gasteiger partial charge in [0.2, 0.25) is 5.91 Å². The minimum Gasteiger partial charge on any atom is -0.381 e. The number of hydrogen-bond acceptors (Lipinski definition) is 5. The van der Waals surface area contributed by atoms with E-state index in [-0.39, 0.29) is 0 Å². The zero-order valence-corrected chi connectivity index (χ0v) is 18.9. The standard InChI is InChI=1S/C26H34N4O2/c31-26(22-5-6-22)29-13-11-28(12-14-29)24-7-10-27-30-18-23(17-25(24)30)20-3-1-19(2-4-20)21-8-15-32-16-9-21/h1-4,10,18,21-22,24-25H,5-9,11-17H2. The smallest absolute Gasteiger partial charge is 0.225 e. The van der Waals surface area contributed by atoms with E-state index < -0.39 is 0 Å². The van der Waals surface area contributed by atoms with Gasteiger partial charge in [0.1, 0.15) is 0 Å². The fraction of sp³-hybridized carbons (Fsp3) is 0.615. The van der Waals surface area contributed by atoms with Crippen molar-refractivity contribution in [1.82, 2.24) is 14.8 Å². The number of carbonyl (C=O) groups excluding carboxylic acids is 1. The predicted octanol–water partition coefficient (Wildman–Crippen LogP) is 3.31. The van der Waals surface area contributed by atoms with Crippen LogP contribution < -0.4 is 0 Å². The molecule has 6 rings (SSSR count). The molecule has 1 amide bonds. The van der Waals surface area contributed by atoms with E-state index >= 15 is 0 Å². The van der Waals surface area contributed by atoms with Crippen LogP contribution in [0, 0.1) is 5.92 Å². The molecule has 1 aliphatic carbocycles. The van der Waals surface area contributed by atoms with Crippen molar-refractivity contribution in [2.75, 3.05) is 39.4 Å². The van der Waals surface area contributed by atoms with Gasteiger partial charge in [-0.1, -0.05) is 24.3 Å². The third kappa shape index (κ3) is 3.99. The second kappa shape index (κ2) is 8.64. The van der Waals surface area contributed by atoms with Crippen LogP contribution >= 0.6 is 0 Å². The quantitative estimate of drug-likeness (QED) is 0.730. The van der Waals surface area contributed by atoms with Gasteiger partial charge in [-0.25, -0.2) is 0 Å². The summed E-state index contributed by atoms with van der Waals surface area (Å²) in [6.45, 7) is 5.49. The van der Waals surface area contributed by atoms with E-state index in [1.54, 1.807) is 0 Å². The normalized spacial score (nSPS) is 29.2. The number of fused-ring (bicyclic) bond motifs is 1. The Morgan fingerprint density at radius 3 is 2.41 bits per heavy atom. The first-order valence-corrected chi connectivity index (χ1v) is 12.5. The molecule has 6 nitrogen and oxygen atoms in total. The van der Waals surface area contributed by atoms with Crippen LogP contribution in [0.25, 0.3) is 5.57 Å². The van der Waals surface area contributed by atoms with Crippen molar-refractivity contribution in [3.05, 3.63) is 41.6 Å². The molecule has 2 atom stereocenters. The van der Waals surface area contributed by atoms with Gasteiger partial charge in [0.15, 0.2) is 0 Å². The highest BCUT2D eigenvalue weighted by molar-refractivity contribution is 5.81. The molecule has 1 aromatic carbocycles. The summed E-state index contributed by atoms with van der Waals surface area (Å²) in [5.74, 6) is 1.37. The lowest BCUT2D eigenvalue weighted by Crippen LogP contribution is -2.57. The predicted molar refractivity (Wildman–Crippen MR) is 125 cm³/mol.